The highest BCUT2D eigenvalue weighted by Crippen LogP contribution is 2.34. The summed E-state index contributed by atoms with van der Waals surface area (Å²) in [6.45, 7) is 1.06. The molecule has 1 N–H and O–H groups in total. The zero-order valence-electron chi connectivity index (χ0n) is 10.1. The van der Waals surface area contributed by atoms with Crippen molar-refractivity contribution in [1.82, 2.24) is 5.32 Å². The maximum absolute atomic E-state index is 12.0. The number of carbonyl (C=O) groups excluding carboxylic acids is 1. The molecule has 1 atom stereocenters. The van der Waals surface area contributed by atoms with E-state index in [1.54, 1.807) is 11.3 Å². The number of fused-ring (bicyclic) bond motifs is 1. The summed E-state index contributed by atoms with van der Waals surface area (Å²) in [4.78, 5) is 12.1. The van der Waals surface area contributed by atoms with Gasteiger partial charge >= 0.3 is 0 Å². The van der Waals surface area contributed by atoms with Crippen LogP contribution in [0.3, 0.4) is 0 Å². The average Bonchev–Trinajstić information content (AvgIpc) is 2.90. The highest BCUT2D eigenvalue weighted by Gasteiger charge is 2.19. The minimum Gasteiger partial charge on any atom is -0.491 e. The first-order valence-corrected chi connectivity index (χ1v) is 7.82. The van der Waals surface area contributed by atoms with Crippen LogP contribution in [0.25, 0.3) is 0 Å². The molecule has 1 aliphatic rings. The van der Waals surface area contributed by atoms with Crippen LogP contribution in [0.4, 0.5) is 0 Å². The predicted molar refractivity (Wildman–Crippen MR) is 79.4 cm³/mol. The fourth-order valence-corrected chi connectivity index (χ4v) is 3.47. The molecule has 1 amide bonds. The average molecular weight is 338 g/mol. The summed E-state index contributed by atoms with van der Waals surface area (Å²) >= 11 is 5.34. The van der Waals surface area contributed by atoms with E-state index in [0.717, 1.165) is 5.56 Å². The first kappa shape index (κ1) is 12.7. The number of alkyl halides is 1. The van der Waals surface area contributed by atoms with E-state index in [4.69, 9.17) is 4.74 Å². The maximum Gasteiger partial charge on any atom is 0.255 e. The molecule has 1 aromatic carbocycles. The van der Waals surface area contributed by atoms with Crippen LogP contribution in [-0.2, 0) is 0 Å². The third kappa shape index (κ3) is 2.53. The van der Waals surface area contributed by atoms with Crippen molar-refractivity contribution in [2.75, 3.05) is 13.2 Å². The van der Waals surface area contributed by atoms with Gasteiger partial charge in [0.2, 0.25) is 0 Å². The molecule has 0 bridgehead atoms. The van der Waals surface area contributed by atoms with Gasteiger partial charge in [-0.1, -0.05) is 22.0 Å². The molecule has 1 aromatic heterocycles. The fraction of sp³-hybridized carbons (Fsp3) is 0.214. The van der Waals surface area contributed by atoms with Crippen LogP contribution in [-0.4, -0.2) is 19.1 Å². The first-order valence-electron chi connectivity index (χ1n) is 5.97. The van der Waals surface area contributed by atoms with Crippen LogP contribution in [0.15, 0.2) is 35.0 Å². The SMILES string of the molecule is O=C1NCCOc2ccc(C(Br)c3ccsc3)cc21. The molecule has 0 fully saturated rings. The van der Waals surface area contributed by atoms with E-state index in [-0.39, 0.29) is 10.7 Å². The summed E-state index contributed by atoms with van der Waals surface area (Å²) in [5, 5.41) is 6.97. The van der Waals surface area contributed by atoms with Crippen LogP contribution in [0.2, 0.25) is 0 Å². The molecule has 0 radical (unpaired) electrons. The lowest BCUT2D eigenvalue weighted by atomic mass is 10.0. The van der Waals surface area contributed by atoms with Gasteiger partial charge < -0.3 is 10.1 Å². The van der Waals surface area contributed by atoms with Crippen molar-refractivity contribution in [3.05, 3.63) is 51.7 Å². The number of ether oxygens (including phenoxy) is 1. The summed E-state index contributed by atoms with van der Waals surface area (Å²) in [7, 11) is 0. The summed E-state index contributed by atoms with van der Waals surface area (Å²) in [5.41, 5.74) is 2.85. The van der Waals surface area contributed by atoms with Crippen molar-refractivity contribution >= 4 is 33.2 Å². The van der Waals surface area contributed by atoms with Gasteiger partial charge in [-0.15, -0.1) is 0 Å². The van der Waals surface area contributed by atoms with Gasteiger partial charge in [0.25, 0.3) is 5.91 Å². The van der Waals surface area contributed by atoms with Gasteiger partial charge in [0, 0.05) is 0 Å². The second-order valence-electron chi connectivity index (χ2n) is 4.28. The molecule has 2 aromatic rings. The van der Waals surface area contributed by atoms with Gasteiger partial charge in [0.05, 0.1) is 16.9 Å². The van der Waals surface area contributed by atoms with Crippen molar-refractivity contribution in [3.8, 4) is 5.75 Å². The van der Waals surface area contributed by atoms with E-state index in [2.05, 4.69) is 32.7 Å². The van der Waals surface area contributed by atoms with Crippen molar-refractivity contribution in [2.24, 2.45) is 0 Å². The lowest BCUT2D eigenvalue weighted by Crippen LogP contribution is -2.24. The highest BCUT2D eigenvalue weighted by molar-refractivity contribution is 9.09. The van der Waals surface area contributed by atoms with E-state index in [1.165, 1.54) is 5.56 Å². The third-order valence-corrected chi connectivity index (χ3v) is 4.78. The number of nitrogens with one attached hydrogen (secondary N) is 1. The molecule has 2 heterocycles. The van der Waals surface area contributed by atoms with Gasteiger partial charge in [-0.05, 0) is 40.1 Å². The summed E-state index contributed by atoms with van der Waals surface area (Å²) in [6.07, 6.45) is 0. The molecular weight excluding hydrogens is 326 g/mol. The molecule has 19 heavy (non-hydrogen) atoms. The molecule has 0 aliphatic carbocycles. The van der Waals surface area contributed by atoms with Gasteiger partial charge in [-0.3, -0.25) is 4.79 Å². The number of rotatable bonds is 2. The molecule has 0 saturated heterocycles. The second kappa shape index (κ2) is 5.35. The second-order valence-corrected chi connectivity index (χ2v) is 5.97. The Morgan fingerprint density at radius 1 is 1.32 bits per heavy atom. The van der Waals surface area contributed by atoms with Crippen LogP contribution in [0.5, 0.6) is 5.75 Å². The van der Waals surface area contributed by atoms with E-state index >= 15 is 0 Å². The topological polar surface area (TPSA) is 38.3 Å². The van der Waals surface area contributed by atoms with E-state index in [0.29, 0.717) is 24.5 Å². The Morgan fingerprint density at radius 3 is 3.00 bits per heavy atom. The Kier molecular flexibility index (Phi) is 3.57. The van der Waals surface area contributed by atoms with Crippen LogP contribution in [0, 0.1) is 0 Å². The lowest BCUT2D eigenvalue weighted by molar-refractivity contribution is 0.0957. The molecular formula is C14H12BrNO2S. The molecule has 5 heteroatoms. The first-order chi connectivity index (χ1) is 9.25. The Morgan fingerprint density at radius 2 is 2.21 bits per heavy atom. The number of benzene rings is 1. The van der Waals surface area contributed by atoms with E-state index in [1.807, 2.05) is 23.6 Å². The van der Waals surface area contributed by atoms with Gasteiger partial charge in [0.1, 0.15) is 12.4 Å². The number of amides is 1. The zero-order chi connectivity index (χ0) is 13.2. The minimum absolute atomic E-state index is 0.0700. The molecule has 1 unspecified atom stereocenters. The number of hydrogen-bond donors (Lipinski definition) is 1. The third-order valence-electron chi connectivity index (χ3n) is 3.02. The Labute approximate surface area is 123 Å². The highest BCUT2D eigenvalue weighted by atomic mass is 79.9. The smallest absolute Gasteiger partial charge is 0.255 e. The standard InChI is InChI=1S/C14H12BrNO2S/c15-13(10-3-6-19-8-10)9-1-2-12-11(7-9)14(17)16-4-5-18-12/h1-3,6-8,13H,4-5H2,(H,16,17). The maximum atomic E-state index is 12.0. The van der Waals surface area contributed by atoms with Crippen molar-refractivity contribution < 1.29 is 9.53 Å². The largest absolute Gasteiger partial charge is 0.491 e. The number of thiophene rings is 1. The van der Waals surface area contributed by atoms with Crippen LogP contribution in [0.1, 0.15) is 26.3 Å². The molecule has 3 rings (SSSR count). The minimum atomic E-state index is -0.0700. The number of carbonyl (C=O) groups is 1. The van der Waals surface area contributed by atoms with E-state index in [9.17, 15) is 4.79 Å². The molecule has 3 nitrogen and oxygen atoms in total. The number of halogens is 1. The van der Waals surface area contributed by atoms with Gasteiger partial charge in [0.15, 0.2) is 0 Å². The lowest BCUT2D eigenvalue weighted by Gasteiger charge is -2.12. The number of hydrogen-bond acceptors (Lipinski definition) is 3. The van der Waals surface area contributed by atoms with Crippen LogP contribution < -0.4 is 10.1 Å². The molecule has 98 valence electrons. The molecule has 1 aliphatic heterocycles. The van der Waals surface area contributed by atoms with Gasteiger partial charge in [-0.25, -0.2) is 0 Å². The van der Waals surface area contributed by atoms with Crippen molar-refractivity contribution in [2.45, 2.75) is 4.83 Å². The summed E-state index contributed by atoms with van der Waals surface area (Å²) in [6, 6.07) is 7.84. The normalized spacial score (nSPS) is 15.9. The quantitative estimate of drug-likeness (QED) is 0.853. The monoisotopic (exact) mass is 337 g/mol. The summed E-state index contributed by atoms with van der Waals surface area (Å²) < 4.78 is 5.55. The predicted octanol–water partition coefficient (Wildman–Crippen LogP) is 3.35. The Bertz CT molecular complexity index is 597. The zero-order valence-corrected chi connectivity index (χ0v) is 12.5. The van der Waals surface area contributed by atoms with E-state index < -0.39 is 0 Å². The van der Waals surface area contributed by atoms with Crippen LogP contribution >= 0.6 is 27.3 Å². The molecule has 0 spiro atoms. The fourth-order valence-electron chi connectivity index (χ4n) is 2.04. The summed E-state index contributed by atoms with van der Waals surface area (Å²) in [5.74, 6) is 0.586. The van der Waals surface area contributed by atoms with Crippen molar-refractivity contribution in [3.63, 3.8) is 0 Å². The Balaban J connectivity index is 1.98. The van der Waals surface area contributed by atoms with Gasteiger partial charge in [-0.2, -0.15) is 11.3 Å². The van der Waals surface area contributed by atoms with Crippen molar-refractivity contribution in [1.29, 1.82) is 0 Å². The Hall–Kier alpha value is -1.33. The molecule has 0 saturated carbocycles.